The summed E-state index contributed by atoms with van der Waals surface area (Å²) < 4.78 is 7.38. The molecule has 1 aromatic carbocycles. The van der Waals surface area contributed by atoms with Gasteiger partial charge in [-0.05, 0) is 43.5 Å². The summed E-state index contributed by atoms with van der Waals surface area (Å²) in [5.74, 6) is 1.53. The highest BCUT2D eigenvalue weighted by Crippen LogP contribution is 2.31. The molecule has 7 heteroatoms. The van der Waals surface area contributed by atoms with Crippen molar-refractivity contribution in [2.75, 3.05) is 13.2 Å². The maximum absolute atomic E-state index is 12.7. The van der Waals surface area contributed by atoms with Crippen molar-refractivity contribution in [3.63, 3.8) is 0 Å². The summed E-state index contributed by atoms with van der Waals surface area (Å²) in [6, 6.07) is 7.08. The lowest BCUT2D eigenvalue weighted by molar-refractivity contribution is -0.132. The number of ketones is 1. The predicted molar refractivity (Wildman–Crippen MR) is 100 cm³/mol. The monoisotopic (exact) mass is 370 g/mol. The maximum Gasteiger partial charge on any atom is 0.223 e. The second-order valence-electron chi connectivity index (χ2n) is 6.84. The minimum Gasteiger partial charge on any atom is -0.494 e. The van der Waals surface area contributed by atoms with E-state index in [2.05, 4.69) is 10.2 Å². The van der Waals surface area contributed by atoms with Crippen molar-refractivity contribution in [1.82, 2.24) is 19.7 Å². The Balaban J connectivity index is 1.55. The third-order valence-electron chi connectivity index (χ3n) is 4.83. The van der Waals surface area contributed by atoms with Crippen molar-refractivity contribution in [3.8, 4) is 5.75 Å². The number of hydrogen-bond donors (Lipinski definition) is 0. The zero-order valence-electron chi connectivity index (χ0n) is 15.9. The number of amides is 1. The Bertz CT molecular complexity index is 785. The molecule has 0 N–H and O–H groups in total. The second-order valence-corrected chi connectivity index (χ2v) is 6.84. The number of carbonyl (C=O) groups excluding carboxylic acids is 2. The molecule has 0 radical (unpaired) electrons. The van der Waals surface area contributed by atoms with Gasteiger partial charge < -0.3 is 14.2 Å². The summed E-state index contributed by atoms with van der Waals surface area (Å²) in [5, 5.41) is 8.05. The predicted octanol–water partition coefficient (Wildman–Crippen LogP) is 2.93. The quantitative estimate of drug-likeness (QED) is 0.668. The first-order chi connectivity index (χ1) is 13.1. The zero-order valence-corrected chi connectivity index (χ0v) is 15.9. The van der Waals surface area contributed by atoms with Gasteiger partial charge in [-0.15, -0.1) is 10.2 Å². The van der Waals surface area contributed by atoms with Gasteiger partial charge in [0.1, 0.15) is 12.1 Å². The number of rotatable bonds is 8. The topological polar surface area (TPSA) is 77.3 Å². The number of ether oxygens (including phenoxy) is 1. The molecule has 2 aromatic rings. The average Bonchev–Trinajstić information content (AvgIpc) is 3.33. The van der Waals surface area contributed by atoms with Gasteiger partial charge in [0.2, 0.25) is 5.91 Å². The van der Waals surface area contributed by atoms with E-state index >= 15 is 0 Å². The van der Waals surface area contributed by atoms with Crippen molar-refractivity contribution in [1.29, 1.82) is 0 Å². The lowest BCUT2D eigenvalue weighted by Gasteiger charge is -2.23. The van der Waals surface area contributed by atoms with E-state index < -0.39 is 0 Å². The van der Waals surface area contributed by atoms with Crippen LogP contribution in [0.2, 0.25) is 0 Å². The molecule has 0 spiro atoms. The third kappa shape index (κ3) is 4.53. The Hall–Kier alpha value is -2.70. The van der Waals surface area contributed by atoms with Gasteiger partial charge in [-0.1, -0.05) is 6.92 Å². The van der Waals surface area contributed by atoms with Crippen LogP contribution in [-0.2, 0) is 11.8 Å². The molecule has 1 aliphatic heterocycles. The average molecular weight is 370 g/mol. The largest absolute Gasteiger partial charge is 0.494 e. The fourth-order valence-corrected chi connectivity index (χ4v) is 3.39. The van der Waals surface area contributed by atoms with E-state index in [0.717, 1.165) is 30.8 Å². The fraction of sp³-hybridized carbons (Fsp3) is 0.500. The summed E-state index contributed by atoms with van der Waals surface area (Å²) in [7, 11) is 1.88. The van der Waals surface area contributed by atoms with E-state index in [-0.39, 0.29) is 30.6 Å². The van der Waals surface area contributed by atoms with Crippen LogP contribution in [-0.4, -0.2) is 44.5 Å². The Morgan fingerprint density at radius 2 is 2.00 bits per heavy atom. The third-order valence-corrected chi connectivity index (χ3v) is 4.83. The summed E-state index contributed by atoms with van der Waals surface area (Å²) in [5.41, 5.74) is 0.609. The van der Waals surface area contributed by atoms with Crippen LogP contribution >= 0.6 is 0 Å². The van der Waals surface area contributed by atoms with Crippen LogP contribution in [0.15, 0.2) is 30.6 Å². The number of benzene rings is 1. The van der Waals surface area contributed by atoms with Crippen LogP contribution in [0.25, 0.3) is 0 Å². The Morgan fingerprint density at radius 3 is 2.67 bits per heavy atom. The van der Waals surface area contributed by atoms with Crippen LogP contribution < -0.4 is 4.74 Å². The van der Waals surface area contributed by atoms with E-state index in [1.807, 2.05) is 23.4 Å². The van der Waals surface area contributed by atoms with E-state index in [4.69, 9.17) is 4.74 Å². The molecule has 27 heavy (non-hydrogen) atoms. The van der Waals surface area contributed by atoms with Crippen molar-refractivity contribution in [3.05, 3.63) is 42.0 Å². The van der Waals surface area contributed by atoms with Gasteiger partial charge in [0, 0.05) is 32.0 Å². The van der Waals surface area contributed by atoms with E-state index in [9.17, 15) is 9.59 Å². The normalized spacial score (nSPS) is 16.5. The number of aromatic nitrogens is 3. The highest BCUT2D eigenvalue weighted by molar-refractivity contribution is 5.98. The summed E-state index contributed by atoms with van der Waals surface area (Å²) in [4.78, 5) is 26.9. The Kier molecular flexibility index (Phi) is 6.21. The molecule has 3 rings (SSSR count). The molecule has 1 fully saturated rings. The molecule has 0 unspecified atom stereocenters. The number of hydrogen-bond acceptors (Lipinski definition) is 5. The lowest BCUT2D eigenvalue weighted by Crippen LogP contribution is -2.32. The summed E-state index contributed by atoms with van der Waals surface area (Å²) in [6.07, 6.45) is 4.82. The maximum atomic E-state index is 12.7. The molecule has 0 saturated carbocycles. The van der Waals surface area contributed by atoms with Gasteiger partial charge >= 0.3 is 0 Å². The number of likely N-dealkylation sites (tertiary alicyclic amines) is 1. The second kappa shape index (κ2) is 8.79. The molecule has 1 saturated heterocycles. The Labute approximate surface area is 159 Å². The molecular weight excluding hydrogens is 344 g/mol. The highest BCUT2D eigenvalue weighted by Gasteiger charge is 2.32. The van der Waals surface area contributed by atoms with Gasteiger partial charge in [0.15, 0.2) is 11.6 Å². The first kappa shape index (κ1) is 19.1. The van der Waals surface area contributed by atoms with Gasteiger partial charge in [0.05, 0.1) is 12.6 Å². The molecule has 0 aliphatic carbocycles. The summed E-state index contributed by atoms with van der Waals surface area (Å²) in [6.45, 7) is 3.41. The first-order valence-corrected chi connectivity index (χ1v) is 9.49. The van der Waals surface area contributed by atoms with Gasteiger partial charge in [-0.25, -0.2) is 0 Å². The number of Topliss-reactive ketones (excluding diaryl/α,β-unsaturated/α-hetero) is 1. The van der Waals surface area contributed by atoms with Crippen LogP contribution in [0.5, 0.6) is 5.75 Å². The molecule has 2 heterocycles. The number of nitrogens with zero attached hydrogens (tertiary/aromatic N) is 4. The highest BCUT2D eigenvalue weighted by atomic mass is 16.5. The molecule has 1 aromatic heterocycles. The number of carbonyl (C=O) groups is 2. The van der Waals surface area contributed by atoms with Gasteiger partial charge in [-0.3, -0.25) is 9.59 Å². The fourth-order valence-electron chi connectivity index (χ4n) is 3.39. The van der Waals surface area contributed by atoms with Crippen LogP contribution in [0.4, 0.5) is 0 Å². The first-order valence-electron chi connectivity index (χ1n) is 9.49. The minimum absolute atomic E-state index is 0.00301. The van der Waals surface area contributed by atoms with Gasteiger partial charge in [0.25, 0.3) is 0 Å². The molecule has 7 nitrogen and oxygen atoms in total. The van der Waals surface area contributed by atoms with Crippen LogP contribution in [0.1, 0.15) is 61.3 Å². The Morgan fingerprint density at radius 1 is 1.22 bits per heavy atom. The van der Waals surface area contributed by atoms with Crippen LogP contribution in [0.3, 0.4) is 0 Å². The minimum atomic E-state index is -0.0462. The van der Waals surface area contributed by atoms with Gasteiger partial charge in [-0.2, -0.15) is 0 Å². The standard InChI is InChI=1S/C20H26N4O3/c1-3-13-27-16-8-6-15(7-9-16)18(25)10-11-19(26)24-12-4-5-17(24)20-22-21-14-23(20)2/h6-9,14,17H,3-5,10-13H2,1-2H3/t17-/m1/s1. The van der Waals surface area contributed by atoms with Crippen LogP contribution in [0, 0.1) is 0 Å². The number of aryl methyl sites for hydroxylation is 1. The zero-order chi connectivity index (χ0) is 19.2. The molecule has 1 amide bonds. The molecule has 1 atom stereocenters. The molecular formula is C20H26N4O3. The van der Waals surface area contributed by atoms with E-state index in [1.165, 1.54) is 0 Å². The molecule has 1 aliphatic rings. The summed E-state index contributed by atoms with van der Waals surface area (Å²) >= 11 is 0. The lowest BCUT2D eigenvalue weighted by atomic mass is 10.1. The molecule has 0 bridgehead atoms. The van der Waals surface area contributed by atoms with Crippen molar-refractivity contribution in [2.24, 2.45) is 7.05 Å². The van der Waals surface area contributed by atoms with E-state index in [1.54, 1.807) is 30.6 Å². The van der Waals surface area contributed by atoms with Crippen molar-refractivity contribution >= 4 is 11.7 Å². The molecule has 144 valence electrons. The van der Waals surface area contributed by atoms with Crippen molar-refractivity contribution < 1.29 is 14.3 Å². The SMILES string of the molecule is CCCOc1ccc(C(=O)CCC(=O)N2CCC[C@@H]2c2nncn2C)cc1. The van der Waals surface area contributed by atoms with Crippen molar-refractivity contribution in [2.45, 2.75) is 45.1 Å². The smallest absolute Gasteiger partial charge is 0.223 e. The van der Waals surface area contributed by atoms with E-state index in [0.29, 0.717) is 18.7 Å².